The SMILES string of the molecule is C[C@@H](N)c1c(F)cccc1OC1CCCCCC1. The van der Waals surface area contributed by atoms with Crippen molar-refractivity contribution in [1.29, 1.82) is 0 Å². The maximum Gasteiger partial charge on any atom is 0.131 e. The van der Waals surface area contributed by atoms with Crippen molar-refractivity contribution >= 4 is 0 Å². The van der Waals surface area contributed by atoms with E-state index in [4.69, 9.17) is 10.5 Å². The maximum atomic E-state index is 13.8. The first-order valence-corrected chi connectivity index (χ1v) is 6.89. The molecule has 0 aliphatic heterocycles. The van der Waals surface area contributed by atoms with Gasteiger partial charge < -0.3 is 10.5 Å². The molecule has 3 heteroatoms. The fourth-order valence-corrected chi connectivity index (χ4v) is 2.60. The van der Waals surface area contributed by atoms with Crippen molar-refractivity contribution in [3.63, 3.8) is 0 Å². The summed E-state index contributed by atoms with van der Waals surface area (Å²) in [6.45, 7) is 1.79. The summed E-state index contributed by atoms with van der Waals surface area (Å²) in [7, 11) is 0. The summed E-state index contributed by atoms with van der Waals surface area (Å²) >= 11 is 0. The van der Waals surface area contributed by atoms with E-state index in [0.29, 0.717) is 11.3 Å². The standard InChI is InChI=1S/C15H22FNO/c1-11(17)15-13(16)9-6-10-14(15)18-12-7-4-2-3-5-8-12/h6,9-12H,2-5,7-8,17H2,1H3/t11-/m1/s1. The highest BCUT2D eigenvalue weighted by Crippen LogP contribution is 2.30. The number of benzene rings is 1. The Morgan fingerprint density at radius 2 is 1.89 bits per heavy atom. The van der Waals surface area contributed by atoms with Crippen LogP contribution in [0, 0.1) is 5.82 Å². The van der Waals surface area contributed by atoms with E-state index in [2.05, 4.69) is 0 Å². The van der Waals surface area contributed by atoms with Crippen LogP contribution in [0.1, 0.15) is 57.1 Å². The average molecular weight is 251 g/mol. The van der Waals surface area contributed by atoms with E-state index in [9.17, 15) is 4.39 Å². The summed E-state index contributed by atoms with van der Waals surface area (Å²) in [6, 6.07) is 4.62. The first kappa shape index (κ1) is 13.3. The van der Waals surface area contributed by atoms with Crippen LogP contribution in [-0.4, -0.2) is 6.10 Å². The predicted octanol–water partition coefficient (Wildman–Crippen LogP) is 3.95. The highest BCUT2D eigenvalue weighted by molar-refractivity contribution is 5.37. The molecule has 1 atom stereocenters. The lowest BCUT2D eigenvalue weighted by Gasteiger charge is -2.21. The van der Waals surface area contributed by atoms with E-state index in [0.717, 1.165) is 12.8 Å². The molecule has 0 unspecified atom stereocenters. The Labute approximate surface area is 108 Å². The van der Waals surface area contributed by atoms with Crippen LogP contribution in [0.15, 0.2) is 18.2 Å². The van der Waals surface area contributed by atoms with Gasteiger partial charge in [-0.15, -0.1) is 0 Å². The smallest absolute Gasteiger partial charge is 0.131 e. The molecule has 2 N–H and O–H groups in total. The molecule has 100 valence electrons. The van der Waals surface area contributed by atoms with Crippen LogP contribution < -0.4 is 10.5 Å². The normalized spacial score (nSPS) is 19.3. The van der Waals surface area contributed by atoms with Crippen molar-refractivity contribution in [2.24, 2.45) is 5.73 Å². The lowest BCUT2D eigenvalue weighted by atomic mass is 10.1. The second kappa shape index (κ2) is 6.19. The largest absolute Gasteiger partial charge is 0.490 e. The van der Waals surface area contributed by atoms with Gasteiger partial charge in [-0.25, -0.2) is 4.39 Å². The minimum Gasteiger partial charge on any atom is -0.490 e. The summed E-state index contributed by atoms with van der Waals surface area (Å²) in [5, 5.41) is 0. The summed E-state index contributed by atoms with van der Waals surface area (Å²) in [5.41, 5.74) is 6.33. The Hall–Kier alpha value is -1.09. The summed E-state index contributed by atoms with van der Waals surface area (Å²) < 4.78 is 19.8. The highest BCUT2D eigenvalue weighted by Gasteiger charge is 2.18. The van der Waals surface area contributed by atoms with Crippen molar-refractivity contribution in [3.05, 3.63) is 29.6 Å². The maximum absolute atomic E-state index is 13.8. The van der Waals surface area contributed by atoms with Crippen LogP contribution in [0.2, 0.25) is 0 Å². The fraction of sp³-hybridized carbons (Fsp3) is 0.600. The Morgan fingerprint density at radius 1 is 1.22 bits per heavy atom. The molecule has 0 aromatic heterocycles. The summed E-state index contributed by atoms with van der Waals surface area (Å²) in [6.07, 6.45) is 7.31. The minimum absolute atomic E-state index is 0.215. The van der Waals surface area contributed by atoms with Gasteiger partial charge in [-0.05, 0) is 44.7 Å². The average Bonchev–Trinajstić information content (AvgIpc) is 2.57. The molecule has 2 nitrogen and oxygen atoms in total. The Balaban J connectivity index is 2.14. The number of hydrogen-bond acceptors (Lipinski definition) is 2. The highest BCUT2D eigenvalue weighted by atomic mass is 19.1. The molecule has 0 amide bonds. The van der Waals surface area contributed by atoms with Crippen LogP contribution in [0.5, 0.6) is 5.75 Å². The third kappa shape index (κ3) is 3.22. The third-order valence-electron chi connectivity index (χ3n) is 3.56. The van der Waals surface area contributed by atoms with Crippen molar-refractivity contribution in [2.45, 2.75) is 57.6 Å². The van der Waals surface area contributed by atoms with Gasteiger partial charge in [-0.1, -0.05) is 18.9 Å². The Bertz CT molecular complexity index is 384. The van der Waals surface area contributed by atoms with Gasteiger partial charge in [0.05, 0.1) is 6.10 Å². The second-order valence-corrected chi connectivity index (χ2v) is 5.17. The lowest BCUT2D eigenvalue weighted by Crippen LogP contribution is -2.18. The van der Waals surface area contributed by atoms with Crippen molar-refractivity contribution in [2.75, 3.05) is 0 Å². The second-order valence-electron chi connectivity index (χ2n) is 5.17. The zero-order valence-corrected chi connectivity index (χ0v) is 11.0. The zero-order valence-electron chi connectivity index (χ0n) is 11.0. The van der Waals surface area contributed by atoms with Crippen molar-refractivity contribution in [1.82, 2.24) is 0 Å². The molecular formula is C15H22FNO. The fourth-order valence-electron chi connectivity index (χ4n) is 2.60. The lowest BCUT2D eigenvalue weighted by molar-refractivity contribution is 0.180. The van der Waals surface area contributed by atoms with Crippen molar-refractivity contribution < 1.29 is 9.13 Å². The van der Waals surface area contributed by atoms with Crippen LogP contribution in [0.4, 0.5) is 4.39 Å². The van der Waals surface area contributed by atoms with Gasteiger partial charge in [0.2, 0.25) is 0 Å². The Kier molecular flexibility index (Phi) is 4.59. The number of hydrogen-bond donors (Lipinski definition) is 1. The minimum atomic E-state index is -0.341. The molecule has 1 aliphatic carbocycles. The predicted molar refractivity (Wildman–Crippen MR) is 71.1 cm³/mol. The summed E-state index contributed by atoms with van der Waals surface area (Å²) in [4.78, 5) is 0. The van der Waals surface area contributed by atoms with E-state index < -0.39 is 0 Å². The number of halogens is 1. The molecular weight excluding hydrogens is 229 g/mol. The van der Waals surface area contributed by atoms with Gasteiger partial charge in [0, 0.05) is 11.6 Å². The third-order valence-corrected chi connectivity index (χ3v) is 3.56. The van der Waals surface area contributed by atoms with Crippen molar-refractivity contribution in [3.8, 4) is 5.75 Å². The molecule has 0 bridgehead atoms. The van der Waals surface area contributed by atoms with Gasteiger partial charge in [0.15, 0.2) is 0 Å². The van der Waals surface area contributed by atoms with E-state index in [1.807, 2.05) is 6.07 Å². The van der Waals surface area contributed by atoms with Crippen LogP contribution >= 0.6 is 0 Å². The molecule has 1 fully saturated rings. The van der Waals surface area contributed by atoms with Crippen LogP contribution in [0.25, 0.3) is 0 Å². The molecule has 1 aromatic carbocycles. The van der Waals surface area contributed by atoms with E-state index in [1.165, 1.54) is 31.7 Å². The molecule has 1 saturated carbocycles. The molecule has 0 heterocycles. The molecule has 0 saturated heterocycles. The van der Waals surface area contributed by atoms with Crippen LogP contribution in [-0.2, 0) is 0 Å². The van der Waals surface area contributed by atoms with Crippen LogP contribution in [0.3, 0.4) is 0 Å². The number of ether oxygens (including phenoxy) is 1. The first-order chi connectivity index (χ1) is 8.68. The number of nitrogens with two attached hydrogens (primary N) is 1. The van der Waals surface area contributed by atoms with Gasteiger partial charge >= 0.3 is 0 Å². The number of rotatable bonds is 3. The first-order valence-electron chi connectivity index (χ1n) is 6.89. The molecule has 0 spiro atoms. The summed E-state index contributed by atoms with van der Waals surface area (Å²) in [5.74, 6) is 0.355. The molecule has 1 aromatic rings. The molecule has 2 rings (SSSR count). The molecule has 0 radical (unpaired) electrons. The quantitative estimate of drug-likeness (QED) is 0.826. The van der Waals surface area contributed by atoms with Gasteiger partial charge in [-0.2, -0.15) is 0 Å². The van der Waals surface area contributed by atoms with Gasteiger partial charge in [0.1, 0.15) is 11.6 Å². The Morgan fingerprint density at radius 3 is 2.50 bits per heavy atom. The van der Waals surface area contributed by atoms with E-state index in [-0.39, 0.29) is 18.0 Å². The topological polar surface area (TPSA) is 35.2 Å². The van der Waals surface area contributed by atoms with Gasteiger partial charge in [0.25, 0.3) is 0 Å². The van der Waals surface area contributed by atoms with E-state index >= 15 is 0 Å². The monoisotopic (exact) mass is 251 g/mol. The molecule has 1 aliphatic rings. The molecule has 18 heavy (non-hydrogen) atoms. The van der Waals surface area contributed by atoms with E-state index in [1.54, 1.807) is 13.0 Å². The zero-order chi connectivity index (χ0) is 13.0. The van der Waals surface area contributed by atoms with Gasteiger partial charge in [-0.3, -0.25) is 0 Å².